The molecule has 2 heterocycles. The van der Waals surface area contributed by atoms with E-state index in [1.54, 1.807) is 22.9 Å². The Hall–Kier alpha value is -3.28. The number of benzene rings is 2. The molecular formula is C24H23FN4O. The Morgan fingerprint density at radius 2 is 1.83 bits per heavy atom. The molecule has 0 saturated heterocycles. The van der Waals surface area contributed by atoms with Crippen LogP contribution in [0.5, 0.6) is 0 Å². The molecule has 5 rings (SSSR count). The molecule has 0 amide bonds. The normalized spacial score (nSPS) is 19.9. The lowest BCUT2D eigenvalue weighted by molar-refractivity contribution is -0.118. The molecule has 1 atom stereocenters. The number of aryl methyl sites for hydroxylation is 1. The van der Waals surface area contributed by atoms with Gasteiger partial charge >= 0.3 is 0 Å². The number of rotatable bonds is 2. The number of hydrogen-bond donors (Lipinski definition) is 1. The zero-order chi connectivity index (χ0) is 21.0. The first kappa shape index (κ1) is 18.7. The third-order valence-corrected chi connectivity index (χ3v) is 5.92. The number of halogens is 1. The summed E-state index contributed by atoms with van der Waals surface area (Å²) in [6.45, 7) is 6.16. The Kier molecular flexibility index (Phi) is 4.13. The molecule has 152 valence electrons. The lowest BCUT2D eigenvalue weighted by Gasteiger charge is -2.38. The highest BCUT2D eigenvalue weighted by Crippen LogP contribution is 2.46. The van der Waals surface area contributed by atoms with Gasteiger partial charge in [0.05, 0.1) is 0 Å². The summed E-state index contributed by atoms with van der Waals surface area (Å²) < 4.78 is 16.5. The number of hydrogen-bond acceptors (Lipinski definition) is 4. The van der Waals surface area contributed by atoms with E-state index in [1.165, 1.54) is 6.07 Å². The van der Waals surface area contributed by atoms with E-state index in [1.807, 2.05) is 31.2 Å². The molecule has 2 aliphatic rings. The largest absolute Gasteiger partial charge is 0.328 e. The molecule has 0 bridgehead atoms. The first-order chi connectivity index (χ1) is 14.3. The molecule has 1 aliphatic carbocycles. The first-order valence-corrected chi connectivity index (χ1v) is 10.1. The van der Waals surface area contributed by atoms with Gasteiger partial charge in [-0.05, 0) is 30.4 Å². The fourth-order valence-electron chi connectivity index (χ4n) is 4.53. The molecule has 6 heteroatoms. The standard InChI is InChI=1S/C24H23FN4O/c1-14-8-4-5-9-15(14)22-27-23-26-18-12-24(2,3)13-19(30)20(18)21(29(23)28-22)16-10-6-7-11-17(16)25/h4-11,21H,12-13H2,1-3H3,(H,26,27,28). The van der Waals surface area contributed by atoms with Gasteiger partial charge in [0.25, 0.3) is 0 Å². The molecule has 1 N–H and O–H groups in total. The Bertz CT molecular complexity index is 1210. The van der Waals surface area contributed by atoms with Gasteiger partial charge in [0.2, 0.25) is 5.95 Å². The van der Waals surface area contributed by atoms with E-state index in [-0.39, 0.29) is 17.0 Å². The molecule has 0 spiro atoms. The summed E-state index contributed by atoms with van der Waals surface area (Å²) in [5.41, 5.74) is 3.65. The number of allylic oxidation sites excluding steroid dienone is 2. The van der Waals surface area contributed by atoms with Crippen LogP contribution in [-0.4, -0.2) is 20.5 Å². The highest BCUT2D eigenvalue weighted by Gasteiger charge is 2.42. The summed E-state index contributed by atoms with van der Waals surface area (Å²) >= 11 is 0. The number of carbonyl (C=O) groups excluding carboxylic acids is 1. The van der Waals surface area contributed by atoms with Crippen molar-refractivity contribution in [1.82, 2.24) is 14.8 Å². The number of carbonyl (C=O) groups is 1. The van der Waals surface area contributed by atoms with Gasteiger partial charge in [0, 0.05) is 28.8 Å². The number of ketones is 1. The Morgan fingerprint density at radius 1 is 1.10 bits per heavy atom. The summed E-state index contributed by atoms with van der Waals surface area (Å²) in [6.07, 6.45) is 1.12. The van der Waals surface area contributed by atoms with Crippen molar-refractivity contribution >= 4 is 11.7 Å². The van der Waals surface area contributed by atoms with Crippen LogP contribution in [-0.2, 0) is 4.79 Å². The number of nitrogens with zero attached hydrogens (tertiary/aromatic N) is 3. The smallest absolute Gasteiger partial charge is 0.226 e. The van der Waals surface area contributed by atoms with Crippen LogP contribution in [0.4, 0.5) is 10.3 Å². The van der Waals surface area contributed by atoms with Crippen LogP contribution < -0.4 is 5.32 Å². The van der Waals surface area contributed by atoms with Crippen LogP contribution in [0, 0.1) is 18.2 Å². The highest BCUT2D eigenvalue weighted by molar-refractivity contribution is 6.00. The van der Waals surface area contributed by atoms with Crippen LogP contribution in [0.25, 0.3) is 11.4 Å². The van der Waals surface area contributed by atoms with Crippen LogP contribution in [0.15, 0.2) is 59.8 Å². The van der Waals surface area contributed by atoms with Gasteiger partial charge < -0.3 is 5.32 Å². The van der Waals surface area contributed by atoms with Crippen LogP contribution in [0.3, 0.4) is 0 Å². The number of anilines is 1. The molecular weight excluding hydrogens is 379 g/mol. The van der Waals surface area contributed by atoms with E-state index in [2.05, 4.69) is 19.2 Å². The zero-order valence-electron chi connectivity index (χ0n) is 17.2. The van der Waals surface area contributed by atoms with Crippen LogP contribution in [0.1, 0.15) is 43.9 Å². The quantitative estimate of drug-likeness (QED) is 0.652. The summed E-state index contributed by atoms with van der Waals surface area (Å²) in [4.78, 5) is 17.9. The molecule has 0 saturated carbocycles. The van der Waals surface area contributed by atoms with Crippen molar-refractivity contribution in [1.29, 1.82) is 0 Å². The third-order valence-electron chi connectivity index (χ3n) is 5.92. The van der Waals surface area contributed by atoms with Crippen molar-refractivity contribution in [3.63, 3.8) is 0 Å². The molecule has 0 fully saturated rings. The predicted molar refractivity (Wildman–Crippen MR) is 113 cm³/mol. The number of aromatic nitrogens is 3. The fraction of sp³-hybridized carbons (Fsp3) is 0.292. The molecule has 5 nitrogen and oxygen atoms in total. The summed E-state index contributed by atoms with van der Waals surface area (Å²) in [6, 6.07) is 13.8. The minimum absolute atomic E-state index is 0.0283. The minimum atomic E-state index is -0.633. The van der Waals surface area contributed by atoms with Crippen molar-refractivity contribution in [2.24, 2.45) is 5.41 Å². The van der Waals surface area contributed by atoms with E-state index in [4.69, 9.17) is 10.1 Å². The van der Waals surface area contributed by atoms with Crippen molar-refractivity contribution in [2.75, 3.05) is 5.32 Å². The number of fused-ring (bicyclic) bond motifs is 1. The maximum Gasteiger partial charge on any atom is 0.226 e. The second-order valence-corrected chi connectivity index (χ2v) is 8.90. The lowest BCUT2D eigenvalue weighted by Crippen LogP contribution is -2.36. The molecule has 1 unspecified atom stereocenters. The maximum atomic E-state index is 14.9. The van der Waals surface area contributed by atoms with E-state index in [0.717, 1.165) is 16.8 Å². The second kappa shape index (κ2) is 6.62. The summed E-state index contributed by atoms with van der Waals surface area (Å²) in [7, 11) is 0. The lowest BCUT2D eigenvalue weighted by atomic mass is 9.73. The van der Waals surface area contributed by atoms with E-state index in [0.29, 0.717) is 35.8 Å². The molecule has 0 radical (unpaired) electrons. The maximum absolute atomic E-state index is 14.9. The van der Waals surface area contributed by atoms with Gasteiger partial charge in [0.15, 0.2) is 11.6 Å². The van der Waals surface area contributed by atoms with Crippen LogP contribution >= 0.6 is 0 Å². The third kappa shape index (κ3) is 2.95. The Morgan fingerprint density at radius 3 is 2.60 bits per heavy atom. The van der Waals surface area contributed by atoms with Crippen LogP contribution in [0.2, 0.25) is 0 Å². The molecule has 1 aliphatic heterocycles. The van der Waals surface area contributed by atoms with Gasteiger partial charge in [-0.2, -0.15) is 4.98 Å². The topological polar surface area (TPSA) is 59.8 Å². The minimum Gasteiger partial charge on any atom is -0.328 e. The fourth-order valence-corrected chi connectivity index (χ4v) is 4.53. The highest BCUT2D eigenvalue weighted by atomic mass is 19.1. The van der Waals surface area contributed by atoms with Crippen molar-refractivity contribution in [3.05, 3.63) is 76.7 Å². The number of Topliss-reactive ketones (excluding diaryl/α,β-unsaturated/α-hetero) is 1. The summed E-state index contributed by atoms with van der Waals surface area (Å²) in [5.74, 6) is 0.766. The Balaban J connectivity index is 1.72. The van der Waals surface area contributed by atoms with Gasteiger partial charge in [-0.15, -0.1) is 5.10 Å². The van der Waals surface area contributed by atoms with Gasteiger partial charge in [-0.25, -0.2) is 9.07 Å². The molecule has 1 aromatic heterocycles. The summed E-state index contributed by atoms with van der Waals surface area (Å²) in [5, 5.41) is 8.07. The van der Waals surface area contributed by atoms with E-state index in [9.17, 15) is 9.18 Å². The molecule has 3 aromatic rings. The second-order valence-electron chi connectivity index (χ2n) is 8.90. The SMILES string of the molecule is Cc1ccccc1-c1nc2n(n1)C(c1ccccc1F)C1=C(CC(C)(C)CC1=O)N2. The number of nitrogens with one attached hydrogen (secondary N) is 1. The molecule has 30 heavy (non-hydrogen) atoms. The van der Waals surface area contributed by atoms with Crippen molar-refractivity contribution < 1.29 is 9.18 Å². The van der Waals surface area contributed by atoms with E-state index >= 15 is 0 Å². The van der Waals surface area contributed by atoms with Gasteiger partial charge in [0.1, 0.15) is 11.9 Å². The molecule has 2 aromatic carbocycles. The first-order valence-electron chi connectivity index (χ1n) is 10.1. The van der Waals surface area contributed by atoms with Crippen molar-refractivity contribution in [3.8, 4) is 11.4 Å². The van der Waals surface area contributed by atoms with Gasteiger partial charge in [-0.1, -0.05) is 56.3 Å². The van der Waals surface area contributed by atoms with E-state index < -0.39 is 6.04 Å². The Labute approximate surface area is 174 Å². The monoisotopic (exact) mass is 402 g/mol. The van der Waals surface area contributed by atoms with Crippen molar-refractivity contribution in [2.45, 2.75) is 39.7 Å². The average Bonchev–Trinajstić information content (AvgIpc) is 3.09. The zero-order valence-corrected chi connectivity index (χ0v) is 17.2. The predicted octanol–water partition coefficient (Wildman–Crippen LogP) is 5.05. The van der Waals surface area contributed by atoms with Gasteiger partial charge in [-0.3, -0.25) is 4.79 Å². The average molecular weight is 402 g/mol.